The molecule has 0 bridgehead atoms. The maximum Gasteiger partial charge on any atom is 0.391 e. The van der Waals surface area contributed by atoms with Crippen molar-refractivity contribution in [2.75, 3.05) is 19.6 Å². The Labute approximate surface area is 112 Å². The lowest BCUT2D eigenvalue weighted by atomic mass is 9.85. The molecule has 0 spiro atoms. The second kappa shape index (κ2) is 7.12. The summed E-state index contributed by atoms with van der Waals surface area (Å²) in [5, 5.41) is 3.08. The van der Waals surface area contributed by atoms with Gasteiger partial charge in [0.15, 0.2) is 0 Å². The zero-order chi connectivity index (χ0) is 14.5. The van der Waals surface area contributed by atoms with E-state index in [4.69, 9.17) is 0 Å². The van der Waals surface area contributed by atoms with Crippen molar-refractivity contribution >= 4 is 5.91 Å². The summed E-state index contributed by atoms with van der Waals surface area (Å²) in [6.07, 6.45) is -2.74. The smallest absolute Gasteiger partial charge is 0.342 e. The summed E-state index contributed by atoms with van der Waals surface area (Å²) >= 11 is 0. The van der Waals surface area contributed by atoms with Crippen LogP contribution in [0, 0.1) is 5.92 Å². The monoisotopic (exact) mass is 280 g/mol. The molecule has 1 rings (SSSR count). The van der Waals surface area contributed by atoms with E-state index in [0.717, 1.165) is 0 Å². The molecule has 0 aromatic carbocycles. The van der Waals surface area contributed by atoms with Gasteiger partial charge in [-0.15, -0.1) is 0 Å². The van der Waals surface area contributed by atoms with Crippen LogP contribution in [0.25, 0.3) is 0 Å². The van der Waals surface area contributed by atoms with E-state index in [9.17, 15) is 18.0 Å². The molecule has 112 valence electrons. The van der Waals surface area contributed by atoms with Gasteiger partial charge >= 0.3 is 6.18 Å². The van der Waals surface area contributed by atoms with Crippen molar-refractivity contribution in [3.63, 3.8) is 0 Å². The van der Waals surface area contributed by atoms with E-state index < -0.39 is 12.1 Å². The first-order valence-electron chi connectivity index (χ1n) is 6.96. The van der Waals surface area contributed by atoms with Crippen LogP contribution in [0.4, 0.5) is 13.2 Å². The highest BCUT2D eigenvalue weighted by atomic mass is 19.4. The first kappa shape index (κ1) is 16.3. The number of rotatable bonds is 5. The van der Waals surface area contributed by atoms with Crippen LogP contribution >= 0.6 is 0 Å². The van der Waals surface area contributed by atoms with Crippen LogP contribution in [0.2, 0.25) is 0 Å². The molecule has 6 heteroatoms. The topological polar surface area (TPSA) is 32.3 Å². The number of hydrogen-bond acceptors (Lipinski definition) is 2. The van der Waals surface area contributed by atoms with Gasteiger partial charge in [0.25, 0.3) is 0 Å². The van der Waals surface area contributed by atoms with Gasteiger partial charge in [0.05, 0.1) is 12.5 Å². The Morgan fingerprint density at radius 3 is 2.11 bits per heavy atom. The zero-order valence-electron chi connectivity index (χ0n) is 11.6. The quantitative estimate of drug-likeness (QED) is 0.839. The van der Waals surface area contributed by atoms with E-state index in [1.165, 1.54) is 0 Å². The molecule has 0 heterocycles. The number of amides is 1. The van der Waals surface area contributed by atoms with Gasteiger partial charge < -0.3 is 10.2 Å². The van der Waals surface area contributed by atoms with E-state index in [2.05, 4.69) is 5.32 Å². The summed E-state index contributed by atoms with van der Waals surface area (Å²) in [4.78, 5) is 13.5. The molecule has 0 radical (unpaired) electrons. The van der Waals surface area contributed by atoms with Crippen LogP contribution in [0.1, 0.15) is 39.5 Å². The van der Waals surface area contributed by atoms with Gasteiger partial charge in [-0.05, 0) is 39.5 Å². The first-order valence-corrected chi connectivity index (χ1v) is 6.96. The summed E-state index contributed by atoms with van der Waals surface area (Å²) in [7, 11) is 0. The van der Waals surface area contributed by atoms with Gasteiger partial charge in [0.2, 0.25) is 5.91 Å². The fourth-order valence-corrected chi connectivity index (χ4v) is 2.54. The highest BCUT2D eigenvalue weighted by Crippen LogP contribution is 2.37. The maximum absolute atomic E-state index is 12.5. The molecule has 0 atom stereocenters. The minimum Gasteiger partial charge on any atom is -0.342 e. The molecule has 19 heavy (non-hydrogen) atoms. The second-order valence-corrected chi connectivity index (χ2v) is 5.04. The normalized spacial score (nSPS) is 24.3. The predicted molar refractivity (Wildman–Crippen MR) is 67.7 cm³/mol. The maximum atomic E-state index is 12.5. The number of hydrogen-bond donors (Lipinski definition) is 1. The fraction of sp³-hybridized carbons (Fsp3) is 0.923. The van der Waals surface area contributed by atoms with Crippen molar-refractivity contribution in [3.8, 4) is 0 Å². The van der Waals surface area contributed by atoms with Crippen LogP contribution in [-0.4, -0.2) is 42.7 Å². The summed E-state index contributed by atoms with van der Waals surface area (Å²) in [6.45, 7) is 5.38. The Kier molecular flexibility index (Phi) is 6.10. The summed E-state index contributed by atoms with van der Waals surface area (Å²) < 4.78 is 37.5. The van der Waals surface area contributed by atoms with Crippen molar-refractivity contribution in [3.05, 3.63) is 0 Å². The van der Waals surface area contributed by atoms with Gasteiger partial charge in [0.1, 0.15) is 0 Å². The van der Waals surface area contributed by atoms with Crippen LogP contribution in [0.5, 0.6) is 0 Å². The van der Waals surface area contributed by atoms with Crippen LogP contribution in [0.15, 0.2) is 0 Å². The molecule has 0 aromatic rings. The van der Waals surface area contributed by atoms with E-state index in [1.54, 1.807) is 4.90 Å². The lowest BCUT2D eigenvalue weighted by Gasteiger charge is -2.30. The van der Waals surface area contributed by atoms with Crippen LogP contribution < -0.4 is 5.32 Å². The van der Waals surface area contributed by atoms with Crippen molar-refractivity contribution in [1.82, 2.24) is 10.2 Å². The number of alkyl halides is 3. The Morgan fingerprint density at radius 1 is 1.16 bits per heavy atom. The third kappa shape index (κ3) is 5.01. The van der Waals surface area contributed by atoms with E-state index >= 15 is 0 Å². The molecular weight excluding hydrogens is 257 g/mol. The second-order valence-electron chi connectivity index (χ2n) is 5.04. The highest BCUT2D eigenvalue weighted by Gasteiger charge is 2.41. The molecule has 1 saturated carbocycles. The largest absolute Gasteiger partial charge is 0.391 e. The number of nitrogens with one attached hydrogen (secondary N) is 1. The van der Waals surface area contributed by atoms with Crippen LogP contribution in [-0.2, 0) is 4.79 Å². The fourth-order valence-electron chi connectivity index (χ4n) is 2.54. The standard InChI is InChI=1S/C13H23F3N2O/c1-3-18(4-2)12(19)9-17-11-7-5-10(6-8-11)13(14,15)16/h10-11,17H,3-9H2,1-2H3. The molecule has 0 saturated heterocycles. The van der Waals surface area contributed by atoms with Gasteiger partial charge in [-0.2, -0.15) is 13.2 Å². The van der Waals surface area contributed by atoms with Crippen molar-refractivity contribution < 1.29 is 18.0 Å². The third-order valence-electron chi connectivity index (χ3n) is 3.85. The summed E-state index contributed by atoms with van der Waals surface area (Å²) in [6, 6.07) is 0.0399. The Morgan fingerprint density at radius 2 is 1.68 bits per heavy atom. The molecule has 0 aromatic heterocycles. The molecule has 1 fully saturated rings. The zero-order valence-corrected chi connectivity index (χ0v) is 11.6. The SMILES string of the molecule is CCN(CC)C(=O)CNC1CCC(C(F)(F)F)CC1. The predicted octanol–water partition coefficient (Wildman–Crippen LogP) is 2.57. The van der Waals surface area contributed by atoms with Gasteiger partial charge in [-0.25, -0.2) is 0 Å². The summed E-state index contributed by atoms with van der Waals surface area (Å²) in [5.41, 5.74) is 0. The lowest BCUT2D eigenvalue weighted by Crippen LogP contribution is -2.43. The number of halogens is 3. The van der Waals surface area contributed by atoms with E-state index in [0.29, 0.717) is 25.9 Å². The molecule has 3 nitrogen and oxygen atoms in total. The number of carbonyl (C=O) groups is 1. The van der Waals surface area contributed by atoms with Crippen LogP contribution in [0.3, 0.4) is 0 Å². The third-order valence-corrected chi connectivity index (χ3v) is 3.85. The molecule has 1 aliphatic rings. The Balaban J connectivity index is 2.28. The highest BCUT2D eigenvalue weighted by molar-refractivity contribution is 5.78. The molecule has 1 amide bonds. The van der Waals surface area contributed by atoms with Gasteiger partial charge in [-0.3, -0.25) is 4.79 Å². The average Bonchev–Trinajstić information content (AvgIpc) is 2.37. The Hall–Kier alpha value is -0.780. The molecular formula is C13H23F3N2O. The van der Waals surface area contributed by atoms with E-state index in [-0.39, 0.29) is 31.3 Å². The van der Waals surface area contributed by atoms with Gasteiger partial charge in [0, 0.05) is 19.1 Å². The van der Waals surface area contributed by atoms with E-state index in [1.807, 2.05) is 13.8 Å². The molecule has 1 aliphatic carbocycles. The minimum absolute atomic E-state index is 0.0166. The van der Waals surface area contributed by atoms with Crippen molar-refractivity contribution in [2.24, 2.45) is 5.92 Å². The average molecular weight is 280 g/mol. The molecule has 1 N–H and O–H groups in total. The number of likely N-dealkylation sites (N-methyl/N-ethyl adjacent to an activating group) is 1. The van der Waals surface area contributed by atoms with Crippen molar-refractivity contribution in [2.45, 2.75) is 51.7 Å². The number of nitrogens with zero attached hydrogens (tertiary/aromatic N) is 1. The number of carbonyl (C=O) groups excluding carboxylic acids is 1. The minimum atomic E-state index is -4.07. The Bertz CT molecular complexity index is 282. The first-order chi connectivity index (χ1) is 8.88. The molecule has 0 unspecified atom stereocenters. The summed E-state index contributed by atoms with van der Waals surface area (Å²) in [5.74, 6) is -1.15. The molecule has 0 aliphatic heterocycles. The lowest BCUT2D eigenvalue weighted by molar-refractivity contribution is -0.182. The van der Waals surface area contributed by atoms with Gasteiger partial charge in [-0.1, -0.05) is 0 Å². The van der Waals surface area contributed by atoms with Crippen molar-refractivity contribution in [1.29, 1.82) is 0 Å².